The van der Waals surface area contributed by atoms with Gasteiger partial charge in [-0.3, -0.25) is 0 Å². The van der Waals surface area contributed by atoms with E-state index in [-0.39, 0.29) is 5.82 Å². The Morgan fingerprint density at radius 1 is 1.04 bits per heavy atom. The third kappa shape index (κ3) is 4.84. The zero-order chi connectivity index (χ0) is 18.5. The van der Waals surface area contributed by atoms with Crippen molar-refractivity contribution in [1.82, 2.24) is 9.97 Å². The van der Waals surface area contributed by atoms with Crippen LogP contribution in [0.3, 0.4) is 0 Å². The highest BCUT2D eigenvalue weighted by Crippen LogP contribution is 2.21. The maximum absolute atomic E-state index is 13.1. The smallest absolute Gasteiger partial charge is 0.224 e. The zero-order valence-corrected chi connectivity index (χ0v) is 15.9. The van der Waals surface area contributed by atoms with Crippen LogP contribution >= 0.6 is 0 Å². The Kier molecular flexibility index (Phi) is 5.91. The molecule has 0 atom stereocenters. The van der Waals surface area contributed by atoms with Crippen molar-refractivity contribution >= 4 is 17.5 Å². The van der Waals surface area contributed by atoms with Gasteiger partial charge in [0, 0.05) is 50.2 Å². The van der Waals surface area contributed by atoms with Crippen molar-refractivity contribution in [2.24, 2.45) is 5.92 Å². The molecule has 140 valence electrons. The van der Waals surface area contributed by atoms with Crippen molar-refractivity contribution in [3.63, 3.8) is 0 Å². The average Bonchev–Trinajstić information content (AvgIpc) is 2.62. The average molecular weight is 357 g/mol. The predicted molar refractivity (Wildman–Crippen MR) is 106 cm³/mol. The molecule has 0 aliphatic carbocycles. The number of nitrogens with one attached hydrogen (secondary N) is 1. The monoisotopic (exact) mass is 357 g/mol. The first-order chi connectivity index (χ1) is 12.5. The molecule has 1 saturated heterocycles. The maximum atomic E-state index is 13.1. The van der Waals surface area contributed by atoms with E-state index >= 15 is 0 Å². The molecule has 5 nitrogen and oxygen atoms in total. The van der Waals surface area contributed by atoms with Gasteiger partial charge < -0.3 is 15.1 Å². The van der Waals surface area contributed by atoms with Crippen LogP contribution in [0.5, 0.6) is 0 Å². The van der Waals surface area contributed by atoms with Gasteiger partial charge in [-0.25, -0.2) is 9.37 Å². The maximum Gasteiger partial charge on any atom is 0.224 e. The summed E-state index contributed by atoms with van der Waals surface area (Å²) in [7, 11) is 0. The van der Waals surface area contributed by atoms with Gasteiger partial charge in [-0.1, -0.05) is 13.8 Å². The van der Waals surface area contributed by atoms with Crippen molar-refractivity contribution in [3.8, 4) is 0 Å². The van der Waals surface area contributed by atoms with E-state index in [2.05, 4.69) is 33.9 Å². The predicted octanol–water partition coefficient (Wildman–Crippen LogP) is 3.71. The minimum atomic E-state index is -0.193. The van der Waals surface area contributed by atoms with Crippen LogP contribution in [0.25, 0.3) is 0 Å². The Morgan fingerprint density at radius 3 is 2.35 bits per heavy atom. The molecule has 0 spiro atoms. The molecule has 6 heteroatoms. The third-order valence-electron chi connectivity index (χ3n) is 4.64. The van der Waals surface area contributed by atoms with Crippen LogP contribution < -0.4 is 15.1 Å². The quantitative estimate of drug-likeness (QED) is 0.854. The van der Waals surface area contributed by atoms with Crippen LogP contribution in [0.15, 0.2) is 30.3 Å². The fourth-order valence-corrected chi connectivity index (χ4v) is 3.11. The van der Waals surface area contributed by atoms with E-state index in [1.807, 2.05) is 25.1 Å². The summed E-state index contributed by atoms with van der Waals surface area (Å²) in [6, 6.07) is 8.77. The Bertz CT molecular complexity index is 709. The highest BCUT2D eigenvalue weighted by Gasteiger charge is 2.19. The molecule has 1 aromatic heterocycles. The number of halogens is 1. The number of hydrogen-bond acceptors (Lipinski definition) is 5. The summed E-state index contributed by atoms with van der Waals surface area (Å²) < 4.78 is 13.1. The van der Waals surface area contributed by atoms with Gasteiger partial charge in [0.25, 0.3) is 0 Å². The zero-order valence-electron chi connectivity index (χ0n) is 15.9. The molecule has 1 aliphatic heterocycles. The molecule has 0 radical (unpaired) electrons. The van der Waals surface area contributed by atoms with Crippen LogP contribution in [0, 0.1) is 18.7 Å². The molecule has 26 heavy (non-hydrogen) atoms. The molecule has 2 aromatic rings. The Hall–Kier alpha value is -2.37. The van der Waals surface area contributed by atoms with Gasteiger partial charge in [0.05, 0.1) is 0 Å². The van der Waals surface area contributed by atoms with Crippen LogP contribution in [-0.4, -0.2) is 42.7 Å². The standard InChI is InChI=1S/C20H28FN5/c1-15(2)8-9-22-20-23-16(3)14-19(24-20)26-12-10-25(11-13-26)18-6-4-17(21)5-7-18/h4-7,14-15H,8-13H2,1-3H3,(H,22,23,24). The molecular formula is C20H28FN5. The molecule has 2 heterocycles. The fraction of sp³-hybridized carbons (Fsp3) is 0.500. The highest BCUT2D eigenvalue weighted by atomic mass is 19.1. The topological polar surface area (TPSA) is 44.3 Å². The lowest BCUT2D eigenvalue weighted by molar-refractivity contribution is 0.605. The lowest BCUT2D eigenvalue weighted by atomic mass is 10.1. The van der Waals surface area contributed by atoms with Gasteiger partial charge in [-0.2, -0.15) is 4.98 Å². The molecule has 0 unspecified atom stereocenters. The fourth-order valence-electron chi connectivity index (χ4n) is 3.11. The molecule has 0 bridgehead atoms. The van der Waals surface area contributed by atoms with Crippen LogP contribution in [0.4, 0.5) is 21.8 Å². The van der Waals surface area contributed by atoms with Crippen molar-refractivity contribution < 1.29 is 4.39 Å². The summed E-state index contributed by atoms with van der Waals surface area (Å²) in [6.07, 6.45) is 1.10. The van der Waals surface area contributed by atoms with Crippen LogP contribution in [-0.2, 0) is 0 Å². The van der Waals surface area contributed by atoms with E-state index in [9.17, 15) is 4.39 Å². The lowest BCUT2D eigenvalue weighted by Crippen LogP contribution is -2.46. The number of hydrogen-bond donors (Lipinski definition) is 1. The number of anilines is 3. The summed E-state index contributed by atoms with van der Waals surface area (Å²) in [6.45, 7) is 10.9. The summed E-state index contributed by atoms with van der Waals surface area (Å²) in [5.74, 6) is 2.15. The number of benzene rings is 1. The van der Waals surface area contributed by atoms with Crippen molar-refractivity contribution in [2.45, 2.75) is 27.2 Å². The molecular weight excluding hydrogens is 329 g/mol. The van der Waals surface area contributed by atoms with Gasteiger partial charge in [-0.05, 0) is 43.5 Å². The van der Waals surface area contributed by atoms with Crippen molar-refractivity contribution in [3.05, 3.63) is 41.8 Å². The SMILES string of the molecule is Cc1cc(N2CCN(c3ccc(F)cc3)CC2)nc(NCCC(C)C)n1. The van der Waals surface area contributed by atoms with Gasteiger partial charge in [-0.15, -0.1) is 0 Å². The molecule has 0 saturated carbocycles. The number of rotatable bonds is 6. The van der Waals surface area contributed by atoms with Crippen LogP contribution in [0.2, 0.25) is 0 Å². The van der Waals surface area contributed by atoms with Crippen LogP contribution in [0.1, 0.15) is 26.0 Å². The summed E-state index contributed by atoms with van der Waals surface area (Å²) in [5, 5.41) is 3.34. The summed E-state index contributed by atoms with van der Waals surface area (Å²) in [5.41, 5.74) is 2.05. The Morgan fingerprint density at radius 2 is 1.69 bits per heavy atom. The minimum Gasteiger partial charge on any atom is -0.368 e. The first kappa shape index (κ1) is 18.4. The van der Waals surface area contributed by atoms with Gasteiger partial charge in [0.2, 0.25) is 5.95 Å². The molecule has 1 fully saturated rings. The van der Waals surface area contributed by atoms with Crippen molar-refractivity contribution in [1.29, 1.82) is 0 Å². The second-order valence-electron chi connectivity index (χ2n) is 7.25. The Labute approximate surface area is 155 Å². The van der Waals surface area contributed by atoms with E-state index in [1.54, 1.807) is 0 Å². The Balaban J connectivity index is 1.61. The molecule has 0 amide bonds. The lowest BCUT2D eigenvalue weighted by Gasteiger charge is -2.36. The second-order valence-corrected chi connectivity index (χ2v) is 7.25. The number of aromatic nitrogens is 2. The number of piperazine rings is 1. The van der Waals surface area contributed by atoms with E-state index in [0.29, 0.717) is 11.9 Å². The molecule has 1 N–H and O–H groups in total. The van der Waals surface area contributed by atoms with E-state index in [1.165, 1.54) is 12.1 Å². The van der Waals surface area contributed by atoms with Gasteiger partial charge in [0.15, 0.2) is 0 Å². The van der Waals surface area contributed by atoms with E-state index in [0.717, 1.165) is 56.3 Å². The summed E-state index contributed by atoms with van der Waals surface area (Å²) >= 11 is 0. The normalized spacial score (nSPS) is 14.8. The van der Waals surface area contributed by atoms with E-state index < -0.39 is 0 Å². The van der Waals surface area contributed by atoms with E-state index in [4.69, 9.17) is 4.98 Å². The van der Waals surface area contributed by atoms with Gasteiger partial charge in [0.1, 0.15) is 11.6 Å². The number of nitrogens with zero attached hydrogens (tertiary/aromatic N) is 4. The first-order valence-electron chi connectivity index (χ1n) is 9.36. The molecule has 1 aliphatic rings. The first-order valence-corrected chi connectivity index (χ1v) is 9.36. The highest BCUT2D eigenvalue weighted by molar-refractivity contribution is 5.50. The third-order valence-corrected chi connectivity index (χ3v) is 4.64. The van der Waals surface area contributed by atoms with Crippen molar-refractivity contribution in [2.75, 3.05) is 47.8 Å². The van der Waals surface area contributed by atoms with Gasteiger partial charge >= 0.3 is 0 Å². The molecule has 1 aromatic carbocycles. The second kappa shape index (κ2) is 8.34. The summed E-state index contributed by atoms with van der Waals surface area (Å²) in [4.78, 5) is 13.8. The largest absolute Gasteiger partial charge is 0.368 e. The minimum absolute atomic E-state index is 0.193. The number of aryl methyl sites for hydroxylation is 1. The molecule has 3 rings (SSSR count).